The second-order valence-corrected chi connectivity index (χ2v) is 6.23. The van der Waals surface area contributed by atoms with Crippen molar-refractivity contribution in [1.29, 1.82) is 0 Å². The van der Waals surface area contributed by atoms with Gasteiger partial charge in [0, 0.05) is 33.1 Å². The molecule has 0 aliphatic carbocycles. The molecule has 0 fully saturated rings. The van der Waals surface area contributed by atoms with Crippen molar-refractivity contribution < 1.29 is 9.59 Å². The first kappa shape index (κ1) is 15.8. The van der Waals surface area contributed by atoms with Gasteiger partial charge in [-0.1, -0.05) is 0 Å². The summed E-state index contributed by atoms with van der Waals surface area (Å²) < 4.78 is 2.96. The fourth-order valence-electron chi connectivity index (χ4n) is 2.39. The molecule has 2 heterocycles. The van der Waals surface area contributed by atoms with E-state index < -0.39 is 6.04 Å². The van der Waals surface area contributed by atoms with Gasteiger partial charge in [0.25, 0.3) is 0 Å². The number of urea groups is 1. The predicted octanol–water partition coefficient (Wildman–Crippen LogP) is 0.736. The Hall–Kier alpha value is -1.57. The van der Waals surface area contributed by atoms with Crippen LogP contribution in [0.3, 0.4) is 0 Å². The molecule has 3 amide bonds. The molecular weight excluding hydrogens is 338 g/mol. The van der Waals surface area contributed by atoms with Crippen molar-refractivity contribution in [1.82, 2.24) is 25.1 Å². The first-order chi connectivity index (χ1) is 9.88. The molecule has 0 bridgehead atoms. The van der Waals surface area contributed by atoms with Crippen LogP contribution in [0.25, 0.3) is 0 Å². The number of hydrogen-bond donors (Lipinski definition) is 2. The number of imidazole rings is 1. The molecule has 0 radical (unpaired) electrons. The molecule has 1 aliphatic rings. The normalized spacial score (nSPS) is 18.6. The first-order valence-electron chi connectivity index (χ1n) is 6.86. The topological polar surface area (TPSA) is 79.3 Å². The summed E-state index contributed by atoms with van der Waals surface area (Å²) in [6.45, 7) is 2.35. The number of hydrogen-bond acceptors (Lipinski definition) is 3. The van der Waals surface area contributed by atoms with Crippen LogP contribution >= 0.6 is 15.9 Å². The van der Waals surface area contributed by atoms with Gasteiger partial charge in [-0.25, -0.2) is 9.78 Å². The lowest BCUT2D eigenvalue weighted by Gasteiger charge is -2.26. The third-order valence-corrected chi connectivity index (χ3v) is 4.14. The van der Waals surface area contributed by atoms with Crippen LogP contribution in [0.2, 0.25) is 0 Å². The van der Waals surface area contributed by atoms with E-state index in [0.29, 0.717) is 6.54 Å². The third kappa shape index (κ3) is 3.75. The number of carbonyl (C=O) groups excluding carboxylic acids is 2. The fourth-order valence-corrected chi connectivity index (χ4v) is 2.84. The zero-order valence-corrected chi connectivity index (χ0v) is 14.0. The van der Waals surface area contributed by atoms with Gasteiger partial charge >= 0.3 is 6.03 Å². The van der Waals surface area contributed by atoms with Gasteiger partial charge in [-0.15, -0.1) is 0 Å². The molecule has 1 unspecified atom stereocenters. The highest BCUT2D eigenvalue weighted by molar-refractivity contribution is 9.10. The van der Waals surface area contributed by atoms with Crippen molar-refractivity contribution >= 4 is 27.9 Å². The average Bonchev–Trinajstić information content (AvgIpc) is 2.79. The number of nitrogens with zero attached hydrogens (tertiary/aromatic N) is 3. The summed E-state index contributed by atoms with van der Waals surface area (Å²) in [5.41, 5.74) is 0. The van der Waals surface area contributed by atoms with Crippen molar-refractivity contribution in [3.63, 3.8) is 0 Å². The molecule has 8 heteroatoms. The Labute approximate surface area is 132 Å². The molecule has 2 N–H and O–H groups in total. The molecular formula is C13H20BrN5O2. The molecule has 7 nitrogen and oxygen atoms in total. The Bertz CT molecular complexity index is 543. The lowest BCUT2D eigenvalue weighted by molar-refractivity contribution is -0.130. The maximum absolute atomic E-state index is 12.0. The van der Waals surface area contributed by atoms with E-state index in [1.54, 1.807) is 27.2 Å². The van der Waals surface area contributed by atoms with Crippen molar-refractivity contribution in [2.24, 2.45) is 0 Å². The molecule has 1 aliphatic heterocycles. The second kappa shape index (κ2) is 6.46. The maximum Gasteiger partial charge on any atom is 0.315 e. The van der Waals surface area contributed by atoms with E-state index in [1.807, 2.05) is 4.57 Å². The van der Waals surface area contributed by atoms with Crippen LogP contribution in [-0.4, -0.2) is 52.6 Å². The smallest absolute Gasteiger partial charge is 0.315 e. The van der Waals surface area contributed by atoms with Gasteiger partial charge in [0.1, 0.15) is 16.5 Å². The van der Waals surface area contributed by atoms with Gasteiger partial charge in [0.15, 0.2) is 0 Å². The fraction of sp³-hybridized carbons (Fsp3) is 0.615. The van der Waals surface area contributed by atoms with E-state index in [9.17, 15) is 9.59 Å². The van der Waals surface area contributed by atoms with Gasteiger partial charge in [-0.3, -0.25) is 4.79 Å². The number of rotatable bonds is 3. The minimum absolute atomic E-state index is 0.0321. The van der Waals surface area contributed by atoms with E-state index >= 15 is 0 Å². The Morgan fingerprint density at radius 2 is 2.24 bits per heavy atom. The zero-order chi connectivity index (χ0) is 15.6. The first-order valence-corrected chi connectivity index (χ1v) is 7.66. The van der Waals surface area contributed by atoms with Crippen molar-refractivity contribution in [2.75, 3.05) is 14.1 Å². The largest absolute Gasteiger partial charge is 0.347 e. The van der Waals surface area contributed by atoms with Gasteiger partial charge in [-0.05, 0) is 29.3 Å². The van der Waals surface area contributed by atoms with Gasteiger partial charge in [-0.2, -0.15) is 0 Å². The Morgan fingerprint density at radius 1 is 1.52 bits per heavy atom. The lowest BCUT2D eigenvalue weighted by atomic mass is 10.1. The number of amides is 3. The summed E-state index contributed by atoms with van der Waals surface area (Å²) in [5.74, 6) is 0.893. The van der Waals surface area contributed by atoms with Crippen LogP contribution in [0, 0.1) is 0 Å². The molecule has 0 spiro atoms. The number of nitrogens with one attached hydrogen (secondary N) is 2. The zero-order valence-electron chi connectivity index (χ0n) is 12.4. The highest BCUT2D eigenvalue weighted by Crippen LogP contribution is 2.20. The number of carbonyl (C=O) groups is 2. The van der Waals surface area contributed by atoms with E-state index in [-0.39, 0.29) is 18.0 Å². The SMILES string of the molecule is C[C@@H](NC(=O)NC1CCc2ncc(Br)n2C1)C(=O)N(C)C. The molecule has 1 aromatic rings. The average molecular weight is 358 g/mol. The highest BCUT2D eigenvalue weighted by atomic mass is 79.9. The summed E-state index contributed by atoms with van der Waals surface area (Å²) in [4.78, 5) is 29.4. The molecule has 0 saturated carbocycles. The van der Waals surface area contributed by atoms with Crippen LogP contribution in [-0.2, 0) is 17.8 Å². The van der Waals surface area contributed by atoms with Crippen LogP contribution in [0.1, 0.15) is 19.2 Å². The molecule has 21 heavy (non-hydrogen) atoms. The summed E-state index contributed by atoms with van der Waals surface area (Å²) >= 11 is 3.44. The summed E-state index contributed by atoms with van der Waals surface area (Å²) in [6, 6.07) is -0.828. The molecule has 1 aromatic heterocycles. The standard InChI is InChI=1S/C13H20BrN5O2/c1-8(12(20)18(2)3)16-13(21)17-9-4-5-11-15-6-10(14)19(11)7-9/h6,8-9H,4-5,7H2,1-3H3,(H2,16,17,21)/t8-,9?/m1/s1. The van der Waals surface area contributed by atoms with Crippen LogP contribution < -0.4 is 10.6 Å². The van der Waals surface area contributed by atoms with Crippen molar-refractivity contribution in [3.05, 3.63) is 16.6 Å². The van der Waals surface area contributed by atoms with E-state index in [0.717, 1.165) is 23.3 Å². The number of aromatic nitrogens is 2. The minimum atomic E-state index is -0.542. The van der Waals surface area contributed by atoms with E-state index in [1.165, 1.54) is 4.90 Å². The summed E-state index contributed by atoms with van der Waals surface area (Å²) in [6.07, 6.45) is 3.44. The maximum atomic E-state index is 12.0. The van der Waals surface area contributed by atoms with Crippen LogP contribution in [0.15, 0.2) is 10.8 Å². The van der Waals surface area contributed by atoms with Crippen LogP contribution in [0.5, 0.6) is 0 Å². The molecule has 0 aromatic carbocycles. The number of likely N-dealkylation sites (N-methyl/N-ethyl adjacent to an activating group) is 1. The summed E-state index contributed by atoms with van der Waals surface area (Å²) in [7, 11) is 3.33. The number of halogens is 1. The molecule has 2 rings (SSSR count). The predicted molar refractivity (Wildman–Crippen MR) is 81.9 cm³/mol. The number of fused-ring (bicyclic) bond motifs is 1. The van der Waals surface area contributed by atoms with Crippen molar-refractivity contribution in [3.8, 4) is 0 Å². The van der Waals surface area contributed by atoms with Gasteiger partial charge < -0.3 is 20.1 Å². The monoisotopic (exact) mass is 357 g/mol. The Kier molecular flexibility index (Phi) is 4.87. The van der Waals surface area contributed by atoms with Gasteiger partial charge in [0.05, 0.1) is 6.20 Å². The quantitative estimate of drug-likeness (QED) is 0.837. The van der Waals surface area contributed by atoms with Crippen molar-refractivity contribution in [2.45, 2.75) is 38.4 Å². The second-order valence-electron chi connectivity index (χ2n) is 5.42. The van der Waals surface area contributed by atoms with Crippen LogP contribution in [0.4, 0.5) is 4.79 Å². The van der Waals surface area contributed by atoms with E-state index in [4.69, 9.17) is 0 Å². The van der Waals surface area contributed by atoms with Gasteiger partial charge in [0.2, 0.25) is 5.91 Å². The minimum Gasteiger partial charge on any atom is -0.347 e. The third-order valence-electron chi connectivity index (χ3n) is 3.50. The van der Waals surface area contributed by atoms with E-state index in [2.05, 4.69) is 31.5 Å². The molecule has 2 atom stereocenters. The molecule has 0 saturated heterocycles. The molecule has 116 valence electrons. The lowest BCUT2D eigenvalue weighted by Crippen LogP contribution is -2.51. The number of aryl methyl sites for hydroxylation is 1. The Morgan fingerprint density at radius 3 is 2.90 bits per heavy atom. The highest BCUT2D eigenvalue weighted by Gasteiger charge is 2.24. The summed E-state index contributed by atoms with van der Waals surface area (Å²) in [5, 5.41) is 5.57. The Balaban J connectivity index is 1.87.